The Morgan fingerprint density at radius 3 is 2.49 bits per heavy atom. The van der Waals surface area contributed by atoms with Crippen LogP contribution in [0.5, 0.6) is 5.75 Å². The Morgan fingerprint density at radius 1 is 1.03 bits per heavy atom. The topological polar surface area (TPSA) is 88.0 Å². The molecular weight excluding hydrogens is 488 g/mol. The first-order valence-electron chi connectivity index (χ1n) is 11.0. The number of piperazine rings is 1. The lowest BCUT2D eigenvalue weighted by Gasteiger charge is -2.37. The van der Waals surface area contributed by atoms with Gasteiger partial charge in [-0.1, -0.05) is 48.0 Å². The Labute approximate surface area is 213 Å². The monoisotopic (exact) mass is 510 g/mol. The Balaban J connectivity index is 1.32. The van der Waals surface area contributed by atoms with Gasteiger partial charge in [0.1, 0.15) is 18.0 Å². The van der Waals surface area contributed by atoms with Gasteiger partial charge in [0.25, 0.3) is 11.6 Å². The fourth-order valence-corrected chi connectivity index (χ4v) is 4.22. The molecule has 3 aromatic carbocycles. The number of nitro benzene ring substituents is 1. The van der Waals surface area contributed by atoms with Crippen molar-refractivity contribution >= 4 is 46.2 Å². The standard InChI is InChI=1S/C25H23ClN4O4S/c26-20-9-10-22(23(16-20)30(32)33)28-11-13-29(14-12-28)25(35)27-24(31)19-7-4-8-21(15-19)34-17-18-5-2-1-3-6-18/h1-10,15-16H,11-14,17H2,(H,27,31,35). The van der Waals surface area contributed by atoms with Gasteiger partial charge in [-0.3, -0.25) is 20.2 Å². The number of nitro groups is 1. The predicted octanol–water partition coefficient (Wildman–Crippen LogP) is 4.66. The van der Waals surface area contributed by atoms with Crippen LogP contribution < -0.4 is 15.0 Å². The molecule has 3 aromatic rings. The van der Waals surface area contributed by atoms with E-state index < -0.39 is 4.92 Å². The van der Waals surface area contributed by atoms with Crippen LogP contribution in [0, 0.1) is 10.1 Å². The molecule has 0 aliphatic carbocycles. The molecule has 4 rings (SSSR count). The molecule has 1 aliphatic heterocycles. The van der Waals surface area contributed by atoms with Crippen LogP contribution in [0.15, 0.2) is 72.8 Å². The highest BCUT2D eigenvalue weighted by atomic mass is 35.5. The van der Waals surface area contributed by atoms with Crippen molar-refractivity contribution in [1.82, 2.24) is 10.2 Å². The van der Waals surface area contributed by atoms with E-state index in [1.165, 1.54) is 6.07 Å². The minimum absolute atomic E-state index is 0.0313. The highest BCUT2D eigenvalue weighted by Crippen LogP contribution is 2.31. The van der Waals surface area contributed by atoms with E-state index >= 15 is 0 Å². The van der Waals surface area contributed by atoms with Gasteiger partial charge in [0.05, 0.1) is 4.92 Å². The van der Waals surface area contributed by atoms with Gasteiger partial charge in [0.15, 0.2) is 5.11 Å². The number of carbonyl (C=O) groups excluding carboxylic acids is 1. The lowest BCUT2D eigenvalue weighted by molar-refractivity contribution is -0.384. The Morgan fingerprint density at radius 2 is 1.77 bits per heavy atom. The van der Waals surface area contributed by atoms with E-state index in [1.807, 2.05) is 40.1 Å². The van der Waals surface area contributed by atoms with Crippen LogP contribution in [0.3, 0.4) is 0 Å². The molecule has 180 valence electrons. The largest absolute Gasteiger partial charge is 0.489 e. The normalized spacial score (nSPS) is 13.3. The summed E-state index contributed by atoms with van der Waals surface area (Å²) in [5, 5.41) is 14.8. The molecule has 1 aliphatic rings. The average molecular weight is 511 g/mol. The molecule has 1 amide bonds. The van der Waals surface area contributed by atoms with Crippen molar-refractivity contribution in [3.8, 4) is 5.75 Å². The van der Waals surface area contributed by atoms with Crippen LogP contribution in [-0.4, -0.2) is 47.0 Å². The van der Waals surface area contributed by atoms with Gasteiger partial charge in [-0.15, -0.1) is 0 Å². The summed E-state index contributed by atoms with van der Waals surface area (Å²) in [7, 11) is 0. The van der Waals surface area contributed by atoms with E-state index in [2.05, 4.69) is 5.32 Å². The zero-order valence-electron chi connectivity index (χ0n) is 18.7. The molecule has 0 aromatic heterocycles. The minimum Gasteiger partial charge on any atom is -0.489 e. The fourth-order valence-electron chi connectivity index (χ4n) is 3.78. The highest BCUT2D eigenvalue weighted by molar-refractivity contribution is 7.80. The summed E-state index contributed by atoms with van der Waals surface area (Å²) in [5.74, 6) is 0.265. The first-order chi connectivity index (χ1) is 16.9. The van der Waals surface area contributed by atoms with Crippen LogP contribution in [0.1, 0.15) is 15.9 Å². The SMILES string of the molecule is O=C(NC(=S)N1CCN(c2ccc(Cl)cc2[N+](=O)[O-])CC1)c1cccc(OCc2ccccc2)c1. The lowest BCUT2D eigenvalue weighted by Crippen LogP contribution is -2.52. The van der Waals surface area contributed by atoms with Gasteiger partial charge in [0.2, 0.25) is 0 Å². The number of ether oxygens (including phenoxy) is 1. The van der Waals surface area contributed by atoms with Crippen molar-refractivity contribution in [2.75, 3.05) is 31.1 Å². The summed E-state index contributed by atoms with van der Waals surface area (Å²) in [6.45, 7) is 2.46. The molecule has 1 N–H and O–H groups in total. The molecule has 0 atom stereocenters. The predicted molar refractivity (Wildman–Crippen MR) is 139 cm³/mol. The summed E-state index contributed by atoms with van der Waals surface area (Å²) in [6.07, 6.45) is 0. The second kappa shape index (κ2) is 11.2. The summed E-state index contributed by atoms with van der Waals surface area (Å²) in [5.41, 5.74) is 1.96. The maximum Gasteiger partial charge on any atom is 0.294 e. The molecule has 1 saturated heterocycles. The van der Waals surface area contributed by atoms with E-state index in [0.717, 1.165) is 5.56 Å². The molecule has 0 spiro atoms. The summed E-state index contributed by atoms with van der Waals surface area (Å²) in [6, 6.07) is 21.4. The van der Waals surface area contributed by atoms with Crippen molar-refractivity contribution < 1.29 is 14.5 Å². The number of rotatable bonds is 6. The molecule has 10 heteroatoms. The highest BCUT2D eigenvalue weighted by Gasteiger charge is 2.25. The van der Waals surface area contributed by atoms with Crippen molar-refractivity contribution in [3.63, 3.8) is 0 Å². The van der Waals surface area contributed by atoms with E-state index in [9.17, 15) is 14.9 Å². The van der Waals surface area contributed by atoms with Gasteiger partial charge in [-0.25, -0.2) is 0 Å². The van der Waals surface area contributed by atoms with E-state index in [-0.39, 0.29) is 11.6 Å². The van der Waals surface area contributed by atoms with Gasteiger partial charge < -0.3 is 14.5 Å². The second-order valence-corrected chi connectivity index (χ2v) is 8.75. The molecular formula is C25H23ClN4O4S. The minimum atomic E-state index is -0.434. The number of anilines is 1. The van der Waals surface area contributed by atoms with Gasteiger partial charge in [0, 0.05) is 42.8 Å². The number of carbonyl (C=O) groups is 1. The first-order valence-corrected chi connectivity index (χ1v) is 11.8. The third kappa shape index (κ3) is 6.26. The summed E-state index contributed by atoms with van der Waals surface area (Å²) in [4.78, 5) is 27.6. The number of nitrogens with zero attached hydrogens (tertiary/aromatic N) is 3. The van der Waals surface area contributed by atoms with E-state index in [0.29, 0.717) is 59.9 Å². The zero-order chi connectivity index (χ0) is 24.8. The third-order valence-electron chi connectivity index (χ3n) is 5.61. The van der Waals surface area contributed by atoms with E-state index in [1.54, 1.807) is 36.4 Å². The summed E-state index contributed by atoms with van der Waals surface area (Å²) >= 11 is 11.4. The van der Waals surface area contributed by atoms with Gasteiger partial charge in [-0.2, -0.15) is 0 Å². The molecule has 0 bridgehead atoms. The van der Waals surface area contributed by atoms with Crippen molar-refractivity contribution in [1.29, 1.82) is 0 Å². The zero-order valence-corrected chi connectivity index (χ0v) is 20.3. The Kier molecular flexibility index (Phi) is 7.79. The van der Waals surface area contributed by atoms with Crippen LogP contribution in [0.25, 0.3) is 0 Å². The Hall–Kier alpha value is -3.69. The van der Waals surface area contributed by atoms with Crippen LogP contribution in [-0.2, 0) is 6.61 Å². The smallest absolute Gasteiger partial charge is 0.294 e. The maximum absolute atomic E-state index is 12.8. The number of thiocarbonyl (C=S) groups is 1. The van der Waals surface area contributed by atoms with Crippen molar-refractivity contribution in [3.05, 3.63) is 99.1 Å². The fraction of sp³-hybridized carbons (Fsp3) is 0.200. The third-order valence-corrected chi connectivity index (χ3v) is 6.20. The van der Waals surface area contributed by atoms with Crippen LogP contribution in [0.2, 0.25) is 5.02 Å². The summed E-state index contributed by atoms with van der Waals surface area (Å²) < 4.78 is 5.81. The molecule has 35 heavy (non-hydrogen) atoms. The molecule has 8 nitrogen and oxygen atoms in total. The van der Waals surface area contributed by atoms with Crippen molar-refractivity contribution in [2.45, 2.75) is 6.61 Å². The molecule has 0 saturated carbocycles. The average Bonchev–Trinajstić information content (AvgIpc) is 2.88. The molecule has 1 heterocycles. The lowest BCUT2D eigenvalue weighted by atomic mass is 10.2. The number of hydrogen-bond donors (Lipinski definition) is 1. The Bertz CT molecular complexity index is 1230. The van der Waals surface area contributed by atoms with Crippen LogP contribution in [0.4, 0.5) is 11.4 Å². The number of hydrogen-bond acceptors (Lipinski definition) is 6. The molecule has 0 unspecified atom stereocenters. The van der Waals surface area contributed by atoms with Crippen molar-refractivity contribution in [2.24, 2.45) is 0 Å². The number of benzene rings is 3. The van der Waals surface area contributed by atoms with Gasteiger partial charge >= 0.3 is 0 Å². The first kappa shape index (κ1) is 24.4. The quantitative estimate of drug-likeness (QED) is 0.293. The number of nitrogens with one attached hydrogen (secondary N) is 1. The van der Waals surface area contributed by atoms with E-state index in [4.69, 9.17) is 28.6 Å². The number of amides is 1. The van der Waals surface area contributed by atoms with Gasteiger partial charge in [-0.05, 0) is 48.1 Å². The van der Waals surface area contributed by atoms with Crippen LogP contribution >= 0.6 is 23.8 Å². The molecule has 1 fully saturated rings. The molecule has 0 radical (unpaired) electrons. The number of halogens is 1. The maximum atomic E-state index is 12.8. The second-order valence-electron chi connectivity index (χ2n) is 7.93.